The highest BCUT2D eigenvalue weighted by molar-refractivity contribution is 6.27. The number of halogens is 1. The van der Waals surface area contributed by atoms with Crippen molar-refractivity contribution in [2.24, 2.45) is 0 Å². The number of amides is 2. The number of alkyl halides is 1. The van der Waals surface area contributed by atoms with Crippen LogP contribution in [0.5, 0.6) is 0 Å². The number of carbonyl (C=O) groups is 2. The Morgan fingerprint density at radius 2 is 2.00 bits per heavy atom. The average molecular weight is 191 g/mol. The minimum absolute atomic E-state index is 0.0298. The average Bonchev–Trinajstić information content (AvgIpc) is 2.84. The molecule has 0 aromatic carbocycles. The van der Waals surface area contributed by atoms with Gasteiger partial charge in [0, 0.05) is 6.04 Å². The van der Waals surface area contributed by atoms with Crippen LogP contribution in [-0.4, -0.2) is 30.3 Å². The third kappa shape index (κ3) is 3.57. The van der Waals surface area contributed by atoms with E-state index in [4.69, 9.17) is 11.6 Å². The fraction of sp³-hybridized carbons (Fsp3) is 0.714. The number of hydrogen-bond acceptors (Lipinski definition) is 2. The minimum atomic E-state index is -0.317. The third-order valence-electron chi connectivity index (χ3n) is 1.51. The standard InChI is InChI=1S/C7H11ClN2O2/c8-3-6(11)9-4-7(12)10-5-1-2-5/h5H,1-4H2,(H,9,11)(H,10,12). The molecule has 0 aliphatic heterocycles. The summed E-state index contributed by atoms with van der Waals surface area (Å²) in [7, 11) is 0. The van der Waals surface area contributed by atoms with Crippen molar-refractivity contribution in [3.05, 3.63) is 0 Å². The van der Waals surface area contributed by atoms with Gasteiger partial charge in [-0.3, -0.25) is 9.59 Å². The van der Waals surface area contributed by atoms with Crippen LogP contribution in [0.4, 0.5) is 0 Å². The molecule has 2 N–H and O–H groups in total. The third-order valence-corrected chi connectivity index (χ3v) is 1.75. The molecule has 68 valence electrons. The van der Waals surface area contributed by atoms with Crippen molar-refractivity contribution < 1.29 is 9.59 Å². The summed E-state index contributed by atoms with van der Waals surface area (Å²) < 4.78 is 0. The molecule has 1 saturated carbocycles. The molecular formula is C7H11ClN2O2. The van der Waals surface area contributed by atoms with Crippen LogP contribution in [0, 0.1) is 0 Å². The Bertz CT molecular complexity index is 192. The Balaban J connectivity index is 2.04. The number of carbonyl (C=O) groups excluding carboxylic acids is 2. The molecule has 0 bridgehead atoms. The van der Waals surface area contributed by atoms with Crippen LogP contribution in [0.15, 0.2) is 0 Å². The van der Waals surface area contributed by atoms with Gasteiger partial charge in [0.1, 0.15) is 5.88 Å². The molecule has 0 unspecified atom stereocenters. The van der Waals surface area contributed by atoms with Crippen LogP contribution in [0.2, 0.25) is 0 Å². The smallest absolute Gasteiger partial charge is 0.239 e. The first kappa shape index (κ1) is 9.32. The molecule has 0 atom stereocenters. The van der Waals surface area contributed by atoms with Crippen LogP contribution in [0.25, 0.3) is 0 Å². The Morgan fingerprint density at radius 3 is 2.50 bits per heavy atom. The zero-order chi connectivity index (χ0) is 8.97. The Labute approximate surface area is 75.6 Å². The zero-order valence-electron chi connectivity index (χ0n) is 6.60. The molecular weight excluding hydrogens is 180 g/mol. The maximum Gasteiger partial charge on any atom is 0.239 e. The van der Waals surface area contributed by atoms with Crippen molar-refractivity contribution in [3.8, 4) is 0 Å². The molecule has 1 aliphatic carbocycles. The van der Waals surface area contributed by atoms with E-state index in [1.807, 2.05) is 0 Å². The lowest BCUT2D eigenvalue weighted by Gasteiger charge is -2.03. The van der Waals surface area contributed by atoms with Crippen molar-refractivity contribution in [1.82, 2.24) is 10.6 Å². The van der Waals surface area contributed by atoms with Gasteiger partial charge in [0.05, 0.1) is 6.54 Å². The van der Waals surface area contributed by atoms with Gasteiger partial charge in [-0.15, -0.1) is 11.6 Å². The normalized spacial score (nSPS) is 15.4. The van der Waals surface area contributed by atoms with Gasteiger partial charge >= 0.3 is 0 Å². The van der Waals surface area contributed by atoms with Crippen molar-refractivity contribution in [2.45, 2.75) is 18.9 Å². The molecule has 1 aliphatic rings. The Kier molecular flexibility index (Phi) is 3.34. The molecule has 0 radical (unpaired) electrons. The first-order valence-electron chi connectivity index (χ1n) is 3.84. The summed E-state index contributed by atoms with van der Waals surface area (Å²) in [6.45, 7) is 0.0298. The van der Waals surface area contributed by atoms with Crippen molar-refractivity contribution in [3.63, 3.8) is 0 Å². The van der Waals surface area contributed by atoms with Gasteiger partial charge in [-0.1, -0.05) is 0 Å². The van der Waals surface area contributed by atoms with Gasteiger partial charge in [0.15, 0.2) is 0 Å². The topological polar surface area (TPSA) is 58.2 Å². The van der Waals surface area contributed by atoms with Gasteiger partial charge in [0.25, 0.3) is 0 Å². The second-order valence-electron chi connectivity index (χ2n) is 2.75. The lowest BCUT2D eigenvalue weighted by molar-refractivity contribution is -0.124. The summed E-state index contributed by atoms with van der Waals surface area (Å²) in [6, 6.07) is 0.338. The predicted octanol–water partition coefficient (Wildman–Crippen LogP) is -0.380. The van der Waals surface area contributed by atoms with Crippen LogP contribution in [-0.2, 0) is 9.59 Å². The van der Waals surface area contributed by atoms with E-state index in [2.05, 4.69) is 10.6 Å². The highest BCUT2D eigenvalue weighted by Gasteiger charge is 2.22. The largest absolute Gasteiger partial charge is 0.352 e. The maximum absolute atomic E-state index is 10.9. The van der Waals surface area contributed by atoms with E-state index in [1.54, 1.807) is 0 Å². The van der Waals surface area contributed by atoms with E-state index in [-0.39, 0.29) is 24.2 Å². The number of rotatable bonds is 4. The summed E-state index contributed by atoms with van der Waals surface area (Å²) in [5, 5.41) is 5.12. The van der Waals surface area contributed by atoms with Crippen molar-refractivity contribution in [1.29, 1.82) is 0 Å². The fourth-order valence-electron chi connectivity index (χ4n) is 0.732. The molecule has 1 rings (SSSR count). The predicted molar refractivity (Wildman–Crippen MR) is 44.9 cm³/mol. The summed E-state index contributed by atoms with van der Waals surface area (Å²) in [5.74, 6) is -0.560. The summed E-state index contributed by atoms with van der Waals surface area (Å²) in [5.41, 5.74) is 0. The van der Waals surface area contributed by atoms with E-state index in [1.165, 1.54) is 0 Å². The van der Waals surface area contributed by atoms with E-state index in [9.17, 15) is 9.59 Å². The van der Waals surface area contributed by atoms with Crippen LogP contribution < -0.4 is 10.6 Å². The van der Waals surface area contributed by atoms with Crippen LogP contribution in [0.3, 0.4) is 0 Å². The summed E-state index contributed by atoms with van der Waals surface area (Å²) >= 11 is 5.21. The summed E-state index contributed by atoms with van der Waals surface area (Å²) in [6.07, 6.45) is 2.10. The second kappa shape index (κ2) is 4.30. The molecule has 4 nitrogen and oxygen atoms in total. The molecule has 0 heterocycles. The van der Waals surface area contributed by atoms with Gasteiger partial charge in [-0.05, 0) is 12.8 Å². The monoisotopic (exact) mass is 190 g/mol. The van der Waals surface area contributed by atoms with Crippen molar-refractivity contribution >= 4 is 23.4 Å². The van der Waals surface area contributed by atoms with E-state index < -0.39 is 0 Å². The summed E-state index contributed by atoms with van der Waals surface area (Å²) in [4.78, 5) is 21.5. The van der Waals surface area contributed by atoms with E-state index >= 15 is 0 Å². The Hall–Kier alpha value is -0.770. The molecule has 1 fully saturated rings. The first-order valence-corrected chi connectivity index (χ1v) is 4.38. The molecule has 0 aromatic heterocycles. The van der Waals surface area contributed by atoms with Gasteiger partial charge in [-0.2, -0.15) is 0 Å². The van der Waals surface area contributed by atoms with Gasteiger partial charge < -0.3 is 10.6 Å². The lowest BCUT2D eigenvalue weighted by Crippen LogP contribution is -2.38. The highest BCUT2D eigenvalue weighted by Crippen LogP contribution is 2.17. The quantitative estimate of drug-likeness (QED) is 0.594. The van der Waals surface area contributed by atoms with Gasteiger partial charge in [0.2, 0.25) is 11.8 Å². The molecule has 12 heavy (non-hydrogen) atoms. The van der Waals surface area contributed by atoms with Crippen LogP contribution in [0.1, 0.15) is 12.8 Å². The van der Waals surface area contributed by atoms with Crippen molar-refractivity contribution in [2.75, 3.05) is 12.4 Å². The maximum atomic E-state index is 10.9. The first-order chi connectivity index (χ1) is 5.72. The van der Waals surface area contributed by atoms with E-state index in [0.717, 1.165) is 12.8 Å². The fourth-order valence-corrected chi connectivity index (χ4v) is 0.827. The molecule has 0 saturated heterocycles. The molecule has 5 heteroatoms. The van der Waals surface area contributed by atoms with Gasteiger partial charge in [-0.25, -0.2) is 0 Å². The highest BCUT2D eigenvalue weighted by atomic mass is 35.5. The minimum Gasteiger partial charge on any atom is -0.352 e. The second-order valence-corrected chi connectivity index (χ2v) is 3.02. The number of nitrogens with one attached hydrogen (secondary N) is 2. The molecule has 0 aromatic rings. The molecule has 2 amide bonds. The molecule has 0 spiro atoms. The SMILES string of the molecule is O=C(CCl)NCC(=O)NC1CC1. The van der Waals surface area contributed by atoms with Crippen LogP contribution >= 0.6 is 11.6 Å². The number of hydrogen-bond donors (Lipinski definition) is 2. The zero-order valence-corrected chi connectivity index (χ0v) is 7.36. The Morgan fingerprint density at radius 1 is 1.33 bits per heavy atom. The van der Waals surface area contributed by atoms with E-state index in [0.29, 0.717) is 6.04 Å². The lowest BCUT2D eigenvalue weighted by atomic mass is 10.5.